The molecule has 1 aliphatic heterocycles. The molecule has 2 rings (SSSR count). The highest BCUT2D eigenvalue weighted by Crippen LogP contribution is 2.40. The van der Waals surface area contributed by atoms with Gasteiger partial charge in [0.2, 0.25) is 0 Å². The third-order valence-electron chi connectivity index (χ3n) is 5.50. The maximum Gasteiger partial charge on any atom is 0.334 e. The normalized spacial score (nSPS) is 35.9. The predicted molar refractivity (Wildman–Crippen MR) is 106 cm³/mol. The Bertz CT molecular complexity index is 819. The summed E-state index contributed by atoms with van der Waals surface area (Å²) in [5, 5.41) is 11.1. The molecule has 30 heavy (non-hydrogen) atoms. The number of esters is 3. The van der Waals surface area contributed by atoms with Crippen molar-refractivity contribution in [2.45, 2.75) is 65.0 Å². The zero-order valence-electron chi connectivity index (χ0n) is 17.8. The Morgan fingerprint density at radius 3 is 2.50 bits per heavy atom. The Morgan fingerprint density at radius 2 is 1.93 bits per heavy atom. The first-order valence-corrected chi connectivity index (χ1v) is 9.76. The number of aliphatic hydroxyl groups is 1. The quantitative estimate of drug-likeness (QED) is 0.417. The van der Waals surface area contributed by atoms with Gasteiger partial charge in [0.25, 0.3) is 0 Å². The van der Waals surface area contributed by atoms with Gasteiger partial charge in [0, 0.05) is 18.1 Å². The van der Waals surface area contributed by atoms with Gasteiger partial charge in [-0.1, -0.05) is 25.7 Å². The van der Waals surface area contributed by atoms with E-state index in [0.717, 1.165) is 6.92 Å². The second kappa shape index (κ2) is 8.95. The van der Waals surface area contributed by atoms with Gasteiger partial charge in [0.05, 0.1) is 5.92 Å². The topological polar surface area (TPSA) is 116 Å². The fourth-order valence-corrected chi connectivity index (χ4v) is 3.60. The van der Waals surface area contributed by atoms with Crippen molar-refractivity contribution in [2.75, 3.05) is 0 Å². The van der Waals surface area contributed by atoms with Crippen LogP contribution in [0.5, 0.6) is 0 Å². The van der Waals surface area contributed by atoms with Crippen molar-refractivity contribution in [1.82, 2.24) is 0 Å². The molecule has 0 unspecified atom stereocenters. The number of ether oxygens (including phenoxy) is 3. The van der Waals surface area contributed by atoms with Crippen molar-refractivity contribution in [1.29, 1.82) is 0 Å². The van der Waals surface area contributed by atoms with E-state index in [1.165, 1.54) is 26.0 Å². The lowest BCUT2D eigenvalue weighted by Gasteiger charge is -2.39. The molecule has 0 aromatic carbocycles. The van der Waals surface area contributed by atoms with E-state index in [4.69, 9.17) is 14.2 Å². The van der Waals surface area contributed by atoms with Gasteiger partial charge < -0.3 is 19.3 Å². The number of fused-ring (bicyclic) bond motifs is 1. The molecule has 1 aliphatic carbocycles. The van der Waals surface area contributed by atoms with Gasteiger partial charge in [-0.15, -0.1) is 0 Å². The van der Waals surface area contributed by atoms with Crippen LogP contribution in [0.3, 0.4) is 0 Å². The maximum absolute atomic E-state index is 12.8. The average molecular weight is 420 g/mol. The summed E-state index contributed by atoms with van der Waals surface area (Å²) in [6.07, 6.45) is 0.919. The summed E-state index contributed by atoms with van der Waals surface area (Å²) in [7, 11) is 0. The van der Waals surface area contributed by atoms with Gasteiger partial charge in [-0.3, -0.25) is 9.59 Å². The van der Waals surface area contributed by atoms with Crippen LogP contribution in [0.1, 0.15) is 41.0 Å². The average Bonchev–Trinajstić information content (AvgIpc) is 2.93. The maximum atomic E-state index is 12.8. The van der Waals surface area contributed by atoms with Crippen LogP contribution >= 0.6 is 0 Å². The summed E-state index contributed by atoms with van der Waals surface area (Å²) in [6.45, 7) is 11.0. The minimum atomic E-state index is -2.24. The fraction of sp³-hybridized carbons (Fsp3) is 0.545. The molecular weight excluding hydrogens is 392 g/mol. The highest BCUT2D eigenvalue weighted by atomic mass is 16.6. The van der Waals surface area contributed by atoms with Crippen LogP contribution in [0, 0.1) is 11.8 Å². The van der Waals surface area contributed by atoms with Crippen molar-refractivity contribution in [3.05, 3.63) is 36.0 Å². The second-order valence-corrected chi connectivity index (χ2v) is 7.95. The largest absolute Gasteiger partial charge is 0.458 e. The minimum Gasteiger partial charge on any atom is -0.458 e. The summed E-state index contributed by atoms with van der Waals surface area (Å²) < 4.78 is 16.4. The summed E-state index contributed by atoms with van der Waals surface area (Å²) in [5.41, 5.74) is -1.99. The molecule has 0 radical (unpaired) electrons. The lowest BCUT2D eigenvalue weighted by atomic mass is 9.77. The third-order valence-corrected chi connectivity index (χ3v) is 5.50. The molecule has 0 saturated carbocycles. The van der Waals surface area contributed by atoms with Gasteiger partial charge in [-0.05, 0) is 39.2 Å². The number of hydrogen-bond donors (Lipinski definition) is 1. The van der Waals surface area contributed by atoms with Gasteiger partial charge in [-0.25, -0.2) is 9.59 Å². The monoisotopic (exact) mass is 420 g/mol. The second-order valence-electron chi connectivity index (χ2n) is 7.95. The first kappa shape index (κ1) is 23.5. The van der Waals surface area contributed by atoms with E-state index in [9.17, 15) is 24.3 Å². The van der Waals surface area contributed by atoms with Crippen molar-refractivity contribution in [3.63, 3.8) is 0 Å². The van der Waals surface area contributed by atoms with Crippen molar-refractivity contribution in [3.8, 4) is 0 Å². The van der Waals surface area contributed by atoms with Crippen LogP contribution in [0.15, 0.2) is 36.0 Å². The number of rotatable bonds is 3. The zero-order chi connectivity index (χ0) is 22.8. The molecule has 8 nitrogen and oxygen atoms in total. The Balaban J connectivity index is 2.67. The van der Waals surface area contributed by atoms with Crippen LogP contribution < -0.4 is 0 Å². The van der Waals surface area contributed by atoms with Crippen molar-refractivity contribution < 1.29 is 38.5 Å². The van der Waals surface area contributed by atoms with Gasteiger partial charge >= 0.3 is 17.9 Å². The van der Waals surface area contributed by atoms with Crippen LogP contribution in [0.2, 0.25) is 0 Å². The lowest BCUT2D eigenvalue weighted by Crippen LogP contribution is -2.58. The highest BCUT2D eigenvalue weighted by molar-refractivity contribution is 5.98. The molecule has 2 aliphatic rings. The van der Waals surface area contributed by atoms with Crippen LogP contribution in [0.25, 0.3) is 0 Å². The van der Waals surface area contributed by atoms with Crippen LogP contribution in [-0.2, 0) is 33.4 Å². The van der Waals surface area contributed by atoms with E-state index in [0.29, 0.717) is 6.42 Å². The van der Waals surface area contributed by atoms with E-state index in [1.54, 1.807) is 13.0 Å². The molecule has 1 fully saturated rings. The number of carbonyl (C=O) groups is 4. The Labute approximate surface area is 175 Å². The molecule has 1 heterocycles. The SMILES string of the molecule is C=C1C(=O)O[C@@H]2C[C@@H](C)/C=C\C(=O)[C@](C)(O)[C@H](OC(=O)/C(C)=C\C)[C@@H](OC(C)=O)[C@H]12. The highest BCUT2D eigenvalue weighted by Gasteiger charge is 2.55. The summed E-state index contributed by atoms with van der Waals surface area (Å²) in [6, 6.07) is 0. The first-order chi connectivity index (χ1) is 13.9. The molecule has 1 N–H and O–H groups in total. The molecule has 164 valence electrons. The van der Waals surface area contributed by atoms with E-state index in [2.05, 4.69) is 6.58 Å². The Hall–Kier alpha value is -2.74. The van der Waals surface area contributed by atoms with E-state index >= 15 is 0 Å². The molecule has 1 saturated heterocycles. The zero-order valence-corrected chi connectivity index (χ0v) is 17.8. The molecule has 0 aromatic heterocycles. The van der Waals surface area contributed by atoms with Gasteiger partial charge in [0.1, 0.15) is 6.10 Å². The smallest absolute Gasteiger partial charge is 0.334 e. The minimum absolute atomic E-state index is 0.0232. The predicted octanol–water partition coefficient (Wildman–Crippen LogP) is 1.81. The third kappa shape index (κ3) is 4.70. The Morgan fingerprint density at radius 1 is 1.30 bits per heavy atom. The fourth-order valence-electron chi connectivity index (χ4n) is 3.60. The molecule has 0 bridgehead atoms. The molecule has 0 spiro atoms. The summed E-state index contributed by atoms with van der Waals surface area (Å²) >= 11 is 0. The number of allylic oxidation sites excluding steroid dienone is 2. The first-order valence-electron chi connectivity index (χ1n) is 9.76. The molecule has 0 aromatic rings. The molecular formula is C22H28O8. The van der Waals surface area contributed by atoms with Crippen molar-refractivity contribution in [2.24, 2.45) is 11.8 Å². The molecule has 6 atom stereocenters. The lowest BCUT2D eigenvalue weighted by molar-refractivity contribution is -0.194. The van der Waals surface area contributed by atoms with E-state index in [1.807, 2.05) is 6.92 Å². The van der Waals surface area contributed by atoms with Gasteiger partial charge in [0.15, 0.2) is 23.6 Å². The van der Waals surface area contributed by atoms with Crippen LogP contribution in [-0.4, -0.2) is 52.7 Å². The van der Waals surface area contributed by atoms with Crippen LogP contribution in [0.4, 0.5) is 0 Å². The summed E-state index contributed by atoms with van der Waals surface area (Å²) in [5.74, 6) is -4.01. The number of ketones is 1. The van der Waals surface area contributed by atoms with E-state index in [-0.39, 0.29) is 17.1 Å². The molecule has 8 heteroatoms. The van der Waals surface area contributed by atoms with Crippen molar-refractivity contribution >= 4 is 23.7 Å². The number of hydrogen-bond acceptors (Lipinski definition) is 8. The van der Waals surface area contributed by atoms with Gasteiger partial charge in [-0.2, -0.15) is 0 Å². The summed E-state index contributed by atoms with van der Waals surface area (Å²) in [4.78, 5) is 49.5. The number of carbonyl (C=O) groups excluding carboxylic acids is 4. The Kier molecular flexibility index (Phi) is 7.02. The van der Waals surface area contributed by atoms with E-state index < -0.39 is 53.5 Å². The molecule has 0 amide bonds. The standard InChI is InChI=1S/C22H28O8/c1-7-12(3)20(25)30-19-18(28-14(5)23)17-13(4)21(26)29-15(17)10-11(2)8-9-16(24)22(19,6)27/h7-9,11,15,17-19,27H,4,10H2,1-3,5-6H3/b9-8-,12-7-/t11-,15+,17+,18-,19+,22-/m0/s1.